The van der Waals surface area contributed by atoms with Crippen molar-refractivity contribution in [2.45, 2.75) is 0 Å². The highest BCUT2D eigenvalue weighted by Gasteiger charge is 2.28. The van der Waals surface area contributed by atoms with E-state index in [0.717, 1.165) is 65.9 Å². The van der Waals surface area contributed by atoms with Crippen molar-refractivity contribution in [1.29, 1.82) is 0 Å². The number of benzene rings is 9. The molecule has 0 N–H and O–H groups in total. The van der Waals surface area contributed by atoms with Gasteiger partial charge in [-0.05, 0) is 90.8 Å². The van der Waals surface area contributed by atoms with Gasteiger partial charge in [-0.1, -0.05) is 158 Å². The number of hydrogen-bond acceptors (Lipinski definition) is 4. The molecule has 0 atom stereocenters. The van der Waals surface area contributed by atoms with Gasteiger partial charge in [0.15, 0.2) is 17.5 Å². The average molecular weight is 726 g/mol. The predicted molar refractivity (Wildman–Crippen MR) is 234 cm³/mol. The van der Waals surface area contributed by atoms with Crippen molar-refractivity contribution < 1.29 is 4.42 Å². The molecule has 264 valence electrons. The standard InChI is InChI=1S/C53H31N3O/c1-3-14-32(15-4-1)34-18-7-10-21-41(34)51-54-52(42-27-26-35(33-16-5-2-6-17-33)36-19-8-9-20-37(36)42)56-53(55-51)43-28-29-45-48-38(23-13-24-39(43)48)40-30-31-47-50(49(40)45)44-22-11-12-25-46(44)57-47/h1-31H. The van der Waals surface area contributed by atoms with Crippen molar-refractivity contribution in [1.82, 2.24) is 15.0 Å². The van der Waals surface area contributed by atoms with Crippen molar-refractivity contribution in [2.75, 3.05) is 0 Å². The molecule has 0 amide bonds. The van der Waals surface area contributed by atoms with E-state index >= 15 is 0 Å². The summed E-state index contributed by atoms with van der Waals surface area (Å²) in [6.07, 6.45) is 0. The van der Waals surface area contributed by atoms with E-state index < -0.39 is 0 Å². The zero-order valence-electron chi connectivity index (χ0n) is 30.6. The van der Waals surface area contributed by atoms with Crippen LogP contribution in [0.15, 0.2) is 192 Å². The maximum Gasteiger partial charge on any atom is 0.164 e. The molecular formula is C53H31N3O. The van der Waals surface area contributed by atoms with Crippen LogP contribution in [-0.2, 0) is 0 Å². The monoisotopic (exact) mass is 725 g/mol. The van der Waals surface area contributed by atoms with Gasteiger partial charge in [-0.3, -0.25) is 0 Å². The average Bonchev–Trinajstić information content (AvgIpc) is 3.83. The second-order valence-corrected chi connectivity index (χ2v) is 14.6. The van der Waals surface area contributed by atoms with Crippen LogP contribution in [0.1, 0.15) is 0 Å². The maximum atomic E-state index is 6.35. The lowest BCUT2D eigenvalue weighted by atomic mass is 9.94. The van der Waals surface area contributed by atoms with Gasteiger partial charge in [-0.25, -0.2) is 15.0 Å². The summed E-state index contributed by atoms with van der Waals surface area (Å²) in [7, 11) is 0. The number of rotatable bonds is 5. The highest BCUT2D eigenvalue weighted by Crippen LogP contribution is 2.53. The Balaban J connectivity index is 1.12. The lowest BCUT2D eigenvalue weighted by molar-refractivity contribution is 0.669. The molecule has 0 radical (unpaired) electrons. The van der Waals surface area contributed by atoms with Gasteiger partial charge in [-0.2, -0.15) is 0 Å². The van der Waals surface area contributed by atoms with Crippen LogP contribution in [0.4, 0.5) is 0 Å². The second-order valence-electron chi connectivity index (χ2n) is 14.6. The first-order valence-electron chi connectivity index (χ1n) is 19.3. The molecule has 2 heterocycles. The molecule has 57 heavy (non-hydrogen) atoms. The normalized spacial score (nSPS) is 11.9. The van der Waals surface area contributed by atoms with E-state index in [1.54, 1.807) is 0 Å². The van der Waals surface area contributed by atoms with E-state index in [9.17, 15) is 0 Å². The SMILES string of the molecule is c1ccc(-c2ccccc2-c2nc(-c3ccc(-c4ccccc4)c4ccccc34)nc(-c3ccc4c5c(cccc35)-c3ccc5oc6ccccc6c5c3-4)n2)cc1. The fourth-order valence-electron chi connectivity index (χ4n) is 9.00. The number of furan rings is 1. The Bertz CT molecular complexity index is 3400. The topological polar surface area (TPSA) is 51.8 Å². The molecule has 4 nitrogen and oxygen atoms in total. The van der Waals surface area contributed by atoms with Crippen molar-refractivity contribution in [3.63, 3.8) is 0 Å². The number of nitrogens with zero attached hydrogens (tertiary/aromatic N) is 3. The first-order valence-corrected chi connectivity index (χ1v) is 19.3. The fraction of sp³-hybridized carbons (Fsp3) is 0. The molecule has 11 aromatic rings. The summed E-state index contributed by atoms with van der Waals surface area (Å²) < 4.78 is 6.35. The molecular weight excluding hydrogens is 695 g/mol. The third-order valence-corrected chi connectivity index (χ3v) is 11.5. The van der Waals surface area contributed by atoms with Crippen LogP contribution in [0.2, 0.25) is 0 Å². The number of para-hydroxylation sites is 1. The molecule has 0 fully saturated rings. The molecule has 12 rings (SSSR count). The highest BCUT2D eigenvalue weighted by atomic mass is 16.3. The molecule has 0 saturated heterocycles. The Kier molecular flexibility index (Phi) is 6.89. The minimum atomic E-state index is 0.629. The van der Waals surface area contributed by atoms with E-state index in [0.29, 0.717) is 17.5 Å². The summed E-state index contributed by atoms with van der Waals surface area (Å²) in [5, 5.41) is 6.82. The van der Waals surface area contributed by atoms with Gasteiger partial charge >= 0.3 is 0 Å². The number of fused-ring (bicyclic) bond motifs is 8. The minimum Gasteiger partial charge on any atom is -0.456 e. The molecule has 0 bridgehead atoms. The van der Waals surface area contributed by atoms with Gasteiger partial charge in [0, 0.05) is 33.0 Å². The second kappa shape index (κ2) is 12.4. The third kappa shape index (κ3) is 4.84. The first kappa shape index (κ1) is 31.6. The van der Waals surface area contributed by atoms with Crippen molar-refractivity contribution in [2.24, 2.45) is 0 Å². The van der Waals surface area contributed by atoms with Gasteiger partial charge in [0.2, 0.25) is 0 Å². The zero-order valence-corrected chi connectivity index (χ0v) is 30.6. The minimum absolute atomic E-state index is 0.629. The van der Waals surface area contributed by atoms with Gasteiger partial charge < -0.3 is 4.42 Å². The van der Waals surface area contributed by atoms with Crippen molar-refractivity contribution in [3.05, 3.63) is 188 Å². The van der Waals surface area contributed by atoms with Crippen LogP contribution >= 0.6 is 0 Å². The van der Waals surface area contributed by atoms with E-state index in [2.05, 4.69) is 170 Å². The summed E-state index contributed by atoms with van der Waals surface area (Å²) in [6, 6.07) is 66.0. The molecule has 0 aliphatic heterocycles. The molecule has 1 aliphatic rings. The zero-order chi connectivity index (χ0) is 37.5. The largest absolute Gasteiger partial charge is 0.456 e. The highest BCUT2D eigenvalue weighted by molar-refractivity contribution is 6.26. The smallest absolute Gasteiger partial charge is 0.164 e. The van der Waals surface area contributed by atoms with Crippen LogP contribution in [-0.4, -0.2) is 15.0 Å². The van der Waals surface area contributed by atoms with Gasteiger partial charge in [0.25, 0.3) is 0 Å². The number of aromatic nitrogens is 3. The van der Waals surface area contributed by atoms with Crippen molar-refractivity contribution >= 4 is 43.5 Å². The van der Waals surface area contributed by atoms with Gasteiger partial charge in [0.1, 0.15) is 11.2 Å². The molecule has 9 aromatic carbocycles. The molecule has 0 spiro atoms. The van der Waals surface area contributed by atoms with Crippen LogP contribution < -0.4 is 0 Å². The summed E-state index contributed by atoms with van der Waals surface area (Å²) in [6.45, 7) is 0. The quantitative estimate of drug-likeness (QED) is 0.177. The van der Waals surface area contributed by atoms with Gasteiger partial charge in [0.05, 0.1) is 0 Å². The summed E-state index contributed by atoms with van der Waals surface area (Å²) in [5.74, 6) is 1.89. The van der Waals surface area contributed by atoms with Crippen LogP contribution in [0.3, 0.4) is 0 Å². The Hall–Kier alpha value is -7.69. The van der Waals surface area contributed by atoms with Crippen LogP contribution in [0, 0.1) is 0 Å². The van der Waals surface area contributed by atoms with E-state index in [4.69, 9.17) is 19.4 Å². The molecule has 4 heteroatoms. The molecule has 1 aliphatic carbocycles. The summed E-state index contributed by atoms with van der Waals surface area (Å²) in [5.41, 5.74) is 14.0. The first-order chi connectivity index (χ1) is 28.3. The molecule has 0 saturated carbocycles. The Morgan fingerprint density at radius 3 is 1.49 bits per heavy atom. The van der Waals surface area contributed by atoms with Crippen LogP contribution in [0.25, 0.3) is 122 Å². The summed E-state index contributed by atoms with van der Waals surface area (Å²) in [4.78, 5) is 16.1. The van der Waals surface area contributed by atoms with E-state index in [1.165, 1.54) is 38.8 Å². The van der Waals surface area contributed by atoms with E-state index in [1.807, 2.05) is 18.2 Å². The Morgan fingerprint density at radius 1 is 0.263 bits per heavy atom. The predicted octanol–water partition coefficient (Wildman–Crippen LogP) is 14.1. The van der Waals surface area contributed by atoms with Crippen LogP contribution in [0.5, 0.6) is 0 Å². The van der Waals surface area contributed by atoms with E-state index in [-0.39, 0.29) is 0 Å². The third-order valence-electron chi connectivity index (χ3n) is 11.5. The van der Waals surface area contributed by atoms with Crippen molar-refractivity contribution in [3.8, 4) is 78.7 Å². The number of hydrogen-bond donors (Lipinski definition) is 0. The van der Waals surface area contributed by atoms with Gasteiger partial charge in [-0.15, -0.1) is 0 Å². The Morgan fingerprint density at radius 2 is 0.754 bits per heavy atom. The maximum absolute atomic E-state index is 6.35. The lowest BCUT2D eigenvalue weighted by Gasteiger charge is -2.15. The molecule has 0 unspecified atom stereocenters. The lowest BCUT2D eigenvalue weighted by Crippen LogP contribution is -2.02. The molecule has 2 aromatic heterocycles. The fourth-order valence-corrected chi connectivity index (χ4v) is 9.00. The summed E-state index contributed by atoms with van der Waals surface area (Å²) >= 11 is 0. The Labute approximate surface area is 328 Å².